The van der Waals surface area contributed by atoms with E-state index in [0.717, 1.165) is 0 Å². The standard InChI is InChI=1S/C6H6Cl2O/c1-3-2-4(7)5(8)6(3)9/h2,4-5H,1H3. The van der Waals surface area contributed by atoms with E-state index in [0.29, 0.717) is 5.57 Å². The molecule has 2 atom stereocenters. The van der Waals surface area contributed by atoms with Crippen LogP contribution in [0.5, 0.6) is 0 Å². The molecule has 0 aromatic rings. The molecular formula is C6H6Cl2O. The topological polar surface area (TPSA) is 17.1 Å². The maximum atomic E-state index is 10.8. The van der Waals surface area contributed by atoms with Gasteiger partial charge in [0.2, 0.25) is 0 Å². The van der Waals surface area contributed by atoms with E-state index in [1.807, 2.05) is 0 Å². The fraction of sp³-hybridized carbons (Fsp3) is 0.500. The van der Waals surface area contributed by atoms with Crippen LogP contribution in [0.25, 0.3) is 0 Å². The van der Waals surface area contributed by atoms with Crippen LogP contribution in [0.4, 0.5) is 0 Å². The van der Waals surface area contributed by atoms with Crippen molar-refractivity contribution in [1.29, 1.82) is 0 Å². The normalized spacial score (nSPS) is 35.0. The van der Waals surface area contributed by atoms with E-state index in [1.165, 1.54) is 0 Å². The highest BCUT2D eigenvalue weighted by Crippen LogP contribution is 2.23. The summed E-state index contributed by atoms with van der Waals surface area (Å²) in [6.07, 6.45) is 1.68. The molecule has 0 aromatic carbocycles. The van der Waals surface area contributed by atoms with E-state index in [9.17, 15) is 4.79 Å². The molecule has 1 aliphatic rings. The molecule has 0 saturated heterocycles. The molecule has 0 fully saturated rings. The SMILES string of the molecule is CC1=CC(Cl)C(Cl)C1=O. The van der Waals surface area contributed by atoms with Crippen LogP contribution in [-0.2, 0) is 4.79 Å². The molecule has 0 aromatic heterocycles. The molecule has 0 saturated carbocycles. The zero-order valence-corrected chi connectivity index (χ0v) is 6.41. The van der Waals surface area contributed by atoms with Crippen molar-refractivity contribution in [2.75, 3.05) is 0 Å². The predicted octanol–water partition coefficient (Wildman–Crippen LogP) is 1.73. The maximum Gasteiger partial charge on any atom is 0.177 e. The molecule has 0 heterocycles. The van der Waals surface area contributed by atoms with Crippen LogP contribution in [0.3, 0.4) is 0 Å². The smallest absolute Gasteiger partial charge is 0.177 e. The molecule has 0 amide bonds. The number of carbonyl (C=O) groups excluding carboxylic acids is 1. The van der Waals surface area contributed by atoms with Crippen molar-refractivity contribution in [3.8, 4) is 0 Å². The molecule has 3 heteroatoms. The van der Waals surface area contributed by atoms with Gasteiger partial charge in [0.25, 0.3) is 0 Å². The average Bonchev–Trinajstić information content (AvgIpc) is 1.98. The van der Waals surface area contributed by atoms with Gasteiger partial charge in [-0.05, 0) is 12.5 Å². The van der Waals surface area contributed by atoms with Crippen molar-refractivity contribution in [3.63, 3.8) is 0 Å². The highest BCUT2D eigenvalue weighted by molar-refractivity contribution is 6.42. The van der Waals surface area contributed by atoms with Gasteiger partial charge in [-0.1, -0.05) is 6.08 Å². The molecule has 2 unspecified atom stereocenters. The lowest BCUT2D eigenvalue weighted by molar-refractivity contribution is -0.114. The van der Waals surface area contributed by atoms with E-state index in [-0.39, 0.29) is 11.2 Å². The number of Topliss-reactive ketones (excluding diaryl/α,β-unsaturated/α-hetero) is 1. The van der Waals surface area contributed by atoms with Crippen LogP contribution in [-0.4, -0.2) is 16.5 Å². The molecule has 1 rings (SSSR count). The number of rotatable bonds is 0. The average molecular weight is 165 g/mol. The second kappa shape index (κ2) is 2.31. The van der Waals surface area contributed by atoms with Gasteiger partial charge in [-0.25, -0.2) is 0 Å². The first-order valence-electron chi connectivity index (χ1n) is 2.63. The van der Waals surface area contributed by atoms with Crippen LogP contribution in [0.15, 0.2) is 11.6 Å². The van der Waals surface area contributed by atoms with Gasteiger partial charge in [0, 0.05) is 0 Å². The van der Waals surface area contributed by atoms with E-state index in [1.54, 1.807) is 13.0 Å². The van der Waals surface area contributed by atoms with Crippen molar-refractivity contribution in [2.45, 2.75) is 17.7 Å². The van der Waals surface area contributed by atoms with Gasteiger partial charge in [-0.15, -0.1) is 23.2 Å². The van der Waals surface area contributed by atoms with Gasteiger partial charge in [0.15, 0.2) is 5.78 Å². The van der Waals surface area contributed by atoms with Crippen LogP contribution in [0, 0.1) is 0 Å². The largest absolute Gasteiger partial charge is 0.293 e. The Bertz CT molecular complexity index is 174. The summed E-state index contributed by atoms with van der Waals surface area (Å²) < 4.78 is 0. The Hall–Kier alpha value is -0.0100. The number of allylic oxidation sites excluding steroid dienone is 2. The minimum absolute atomic E-state index is 0.0448. The summed E-state index contributed by atoms with van der Waals surface area (Å²) in [7, 11) is 0. The van der Waals surface area contributed by atoms with Gasteiger partial charge in [0.05, 0.1) is 5.38 Å². The summed E-state index contributed by atoms with van der Waals surface area (Å²) in [5.74, 6) is -0.0448. The molecule has 0 N–H and O–H groups in total. The quantitative estimate of drug-likeness (QED) is 0.499. The van der Waals surface area contributed by atoms with Gasteiger partial charge >= 0.3 is 0 Å². The lowest BCUT2D eigenvalue weighted by Gasteiger charge is -1.99. The van der Waals surface area contributed by atoms with Gasteiger partial charge in [0.1, 0.15) is 5.38 Å². The summed E-state index contributed by atoms with van der Waals surface area (Å²) in [4.78, 5) is 10.8. The Kier molecular flexibility index (Phi) is 1.83. The number of carbonyl (C=O) groups is 1. The van der Waals surface area contributed by atoms with Crippen LogP contribution < -0.4 is 0 Å². The fourth-order valence-corrected chi connectivity index (χ4v) is 1.32. The molecule has 9 heavy (non-hydrogen) atoms. The van der Waals surface area contributed by atoms with Crippen molar-refractivity contribution in [1.82, 2.24) is 0 Å². The third-order valence-corrected chi connectivity index (χ3v) is 2.30. The van der Waals surface area contributed by atoms with Crippen LogP contribution >= 0.6 is 23.2 Å². The second-order valence-electron chi connectivity index (χ2n) is 2.06. The Labute approximate surface area is 63.6 Å². The van der Waals surface area contributed by atoms with E-state index < -0.39 is 5.38 Å². The zero-order chi connectivity index (χ0) is 7.02. The molecule has 1 aliphatic carbocycles. The van der Waals surface area contributed by atoms with Gasteiger partial charge in [-0.3, -0.25) is 4.79 Å². The summed E-state index contributed by atoms with van der Waals surface area (Å²) in [5, 5.41) is -0.842. The highest BCUT2D eigenvalue weighted by atomic mass is 35.5. The van der Waals surface area contributed by atoms with Crippen molar-refractivity contribution in [3.05, 3.63) is 11.6 Å². The molecule has 50 valence electrons. The van der Waals surface area contributed by atoms with Gasteiger partial charge in [-0.2, -0.15) is 0 Å². The maximum absolute atomic E-state index is 10.8. The number of ketones is 1. The number of hydrogen-bond donors (Lipinski definition) is 0. The number of alkyl halides is 2. The number of halogens is 2. The highest BCUT2D eigenvalue weighted by Gasteiger charge is 2.30. The number of hydrogen-bond acceptors (Lipinski definition) is 1. The molecule has 1 nitrogen and oxygen atoms in total. The molecule has 0 spiro atoms. The Balaban J connectivity index is 2.82. The third-order valence-electron chi connectivity index (χ3n) is 1.33. The second-order valence-corrected chi connectivity index (χ2v) is 3.03. The molecule has 0 radical (unpaired) electrons. The third kappa shape index (κ3) is 1.12. The minimum Gasteiger partial charge on any atom is -0.293 e. The summed E-state index contributed by atoms with van der Waals surface area (Å²) >= 11 is 11.2. The Morgan fingerprint density at radius 3 is 2.22 bits per heavy atom. The van der Waals surface area contributed by atoms with Crippen molar-refractivity contribution >= 4 is 29.0 Å². The first kappa shape index (κ1) is 7.10. The van der Waals surface area contributed by atoms with Crippen LogP contribution in [0.2, 0.25) is 0 Å². The Morgan fingerprint density at radius 2 is 2.11 bits per heavy atom. The van der Waals surface area contributed by atoms with Crippen LogP contribution in [0.1, 0.15) is 6.92 Å². The monoisotopic (exact) mass is 164 g/mol. The Morgan fingerprint density at radius 1 is 1.56 bits per heavy atom. The minimum atomic E-state index is -0.535. The van der Waals surface area contributed by atoms with Crippen molar-refractivity contribution < 1.29 is 4.79 Å². The summed E-state index contributed by atoms with van der Waals surface area (Å²) in [6.45, 7) is 1.72. The molecular weight excluding hydrogens is 159 g/mol. The lowest BCUT2D eigenvalue weighted by atomic mass is 10.2. The molecule has 0 bridgehead atoms. The predicted molar refractivity (Wildman–Crippen MR) is 38.0 cm³/mol. The first-order valence-corrected chi connectivity index (χ1v) is 3.51. The summed E-state index contributed by atoms with van der Waals surface area (Å²) in [6, 6.07) is 0. The first-order chi connectivity index (χ1) is 4.13. The van der Waals surface area contributed by atoms with E-state index in [4.69, 9.17) is 23.2 Å². The van der Waals surface area contributed by atoms with E-state index >= 15 is 0 Å². The fourth-order valence-electron chi connectivity index (χ4n) is 0.768. The van der Waals surface area contributed by atoms with Gasteiger partial charge < -0.3 is 0 Å². The lowest BCUT2D eigenvalue weighted by Crippen LogP contribution is -2.15. The van der Waals surface area contributed by atoms with E-state index in [2.05, 4.69) is 0 Å². The zero-order valence-electron chi connectivity index (χ0n) is 4.90. The summed E-state index contributed by atoms with van der Waals surface area (Å²) in [5.41, 5.74) is 0.676. The molecule has 0 aliphatic heterocycles. The van der Waals surface area contributed by atoms with Crippen molar-refractivity contribution in [2.24, 2.45) is 0 Å².